The SMILES string of the molecule is O=C(NC(C(=O)ON1C(=O)c2ccccc2C1=O)c1ccccc1OC(F)(F)F)OCC1c2ccccc2-c2ccccc21. The van der Waals surface area contributed by atoms with E-state index in [4.69, 9.17) is 9.57 Å². The van der Waals surface area contributed by atoms with Gasteiger partial charge in [0.05, 0.1) is 11.1 Å². The maximum absolute atomic E-state index is 13.4. The molecule has 0 spiro atoms. The van der Waals surface area contributed by atoms with Gasteiger partial charge in [-0.2, -0.15) is 0 Å². The number of para-hydroxylation sites is 1. The molecule has 1 N–H and O–H groups in total. The number of nitrogens with zero attached hydrogens (tertiary/aromatic N) is 1. The first-order chi connectivity index (χ1) is 21.1. The third kappa shape index (κ3) is 5.33. The Kier molecular flexibility index (Phi) is 7.25. The zero-order valence-corrected chi connectivity index (χ0v) is 22.5. The van der Waals surface area contributed by atoms with Crippen LogP contribution in [0.15, 0.2) is 97.1 Å². The van der Waals surface area contributed by atoms with Crippen LogP contribution in [0.25, 0.3) is 11.1 Å². The molecule has 2 aliphatic rings. The average Bonchev–Trinajstić information content (AvgIpc) is 3.45. The first-order valence-corrected chi connectivity index (χ1v) is 13.3. The molecule has 1 unspecified atom stereocenters. The van der Waals surface area contributed by atoms with Crippen molar-refractivity contribution in [1.82, 2.24) is 10.4 Å². The lowest BCUT2D eigenvalue weighted by atomic mass is 9.98. The number of carbonyl (C=O) groups is 4. The van der Waals surface area contributed by atoms with E-state index >= 15 is 0 Å². The van der Waals surface area contributed by atoms with Gasteiger partial charge in [0.2, 0.25) is 0 Å². The predicted octanol–water partition coefficient (Wildman–Crippen LogP) is 5.92. The second-order valence-corrected chi connectivity index (χ2v) is 9.85. The van der Waals surface area contributed by atoms with Crippen LogP contribution in [0.2, 0.25) is 0 Å². The number of benzene rings is 4. The third-order valence-corrected chi connectivity index (χ3v) is 7.24. The summed E-state index contributed by atoms with van der Waals surface area (Å²) in [7, 11) is 0. The smallest absolute Gasteiger partial charge is 0.449 e. The monoisotopic (exact) mass is 602 g/mol. The Morgan fingerprint density at radius 2 is 1.25 bits per heavy atom. The van der Waals surface area contributed by atoms with E-state index in [0.29, 0.717) is 0 Å². The predicted molar refractivity (Wildman–Crippen MR) is 147 cm³/mol. The molecule has 1 aliphatic heterocycles. The molecule has 1 atom stereocenters. The Labute approximate surface area is 247 Å². The number of hydrogen-bond donors (Lipinski definition) is 1. The van der Waals surface area contributed by atoms with Crippen LogP contribution in [0.3, 0.4) is 0 Å². The molecule has 12 heteroatoms. The fourth-order valence-electron chi connectivity index (χ4n) is 5.35. The van der Waals surface area contributed by atoms with Gasteiger partial charge >= 0.3 is 18.4 Å². The summed E-state index contributed by atoms with van der Waals surface area (Å²) in [5.41, 5.74) is 3.23. The van der Waals surface area contributed by atoms with Crippen molar-refractivity contribution in [2.24, 2.45) is 0 Å². The molecule has 0 saturated heterocycles. The van der Waals surface area contributed by atoms with Gasteiger partial charge in [-0.25, -0.2) is 9.59 Å². The van der Waals surface area contributed by atoms with Gasteiger partial charge < -0.3 is 19.6 Å². The zero-order chi connectivity index (χ0) is 31.0. The van der Waals surface area contributed by atoms with E-state index in [0.717, 1.165) is 34.4 Å². The van der Waals surface area contributed by atoms with Crippen LogP contribution < -0.4 is 10.1 Å². The maximum Gasteiger partial charge on any atom is 0.573 e. The number of rotatable bonds is 7. The molecule has 4 aromatic rings. The van der Waals surface area contributed by atoms with Crippen LogP contribution in [0.5, 0.6) is 5.75 Å². The van der Waals surface area contributed by atoms with E-state index in [2.05, 4.69) is 10.1 Å². The lowest BCUT2D eigenvalue weighted by Crippen LogP contribution is -2.41. The van der Waals surface area contributed by atoms with Crippen LogP contribution in [-0.4, -0.2) is 41.9 Å². The largest absolute Gasteiger partial charge is 0.573 e. The van der Waals surface area contributed by atoms with E-state index in [1.54, 1.807) is 0 Å². The van der Waals surface area contributed by atoms with Crippen molar-refractivity contribution in [3.63, 3.8) is 0 Å². The molecular weight excluding hydrogens is 581 g/mol. The van der Waals surface area contributed by atoms with Gasteiger partial charge in [-0.3, -0.25) is 9.59 Å². The van der Waals surface area contributed by atoms with Crippen LogP contribution >= 0.6 is 0 Å². The van der Waals surface area contributed by atoms with Gasteiger partial charge in [0, 0.05) is 11.5 Å². The summed E-state index contributed by atoms with van der Waals surface area (Å²) in [4.78, 5) is 57.1. The van der Waals surface area contributed by atoms with Crippen LogP contribution in [0, 0.1) is 0 Å². The van der Waals surface area contributed by atoms with Gasteiger partial charge in [0.15, 0.2) is 6.04 Å². The summed E-state index contributed by atoms with van der Waals surface area (Å²) in [6.45, 7) is -0.166. The number of carbonyl (C=O) groups excluding carboxylic acids is 4. The molecule has 1 aliphatic carbocycles. The average molecular weight is 603 g/mol. The highest BCUT2D eigenvalue weighted by molar-refractivity contribution is 6.21. The fourth-order valence-corrected chi connectivity index (χ4v) is 5.35. The summed E-state index contributed by atoms with van der Waals surface area (Å²) >= 11 is 0. The maximum atomic E-state index is 13.4. The Morgan fingerprint density at radius 3 is 1.82 bits per heavy atom. The molecule has 4 aromatic carbocycles. The molecule has 0 radical (unpaired) electrons. The second-order valence-electron chi connectivity index (χ2n) is 9.85. The number of alkyl carbamates (subject to hydrolysis) is 1. The van der Waals surface area contributed by atoms with E-state index in [1.165, 1.54) is 36.4 Å². The number of amides is 3. The normalized spacial score (nSPS) is 14.4. The number of hydroxylamine groups is 2. The highest BCUT2D eigenvalue weighted by Crippen LogP contribution is 2.44. The highest BCUT2D eigenvalue weighted by atomic mass is 19.4. The van der Waals surface area contributed by atoms with Crippen LogP contribution in [-0.2, 0) is 14.4 Å². The third-order valence-electron chi connectivity index (χ3n) is 7.24. The van der Waals surface area contributed by atoms with Gasteiger partial charge in [0.25, 0.3) is 11.8 Å². The Morgan fingerprint density at radius 1 is 0.750 bits per heavy atom. The molecule has 6 rings (SSSR count). The van der Waals surface area contributed by atoms with Crippen molar-refractivity contribution in [1.29, 1.82) is 0 Å². The van der Waals surface area contributed by atoms with Crippen molar-refractivity contribution in [3.05, 3.63) is 125 Å². The van der Waals surface area contributed by atoms with Gasteiger partial charge in [-0.05, 0) is 40.5 Å². The zero-order valence-electron chi connectivity index (χ0n) is 22.5. The number of fused-ring (bicyclic) bond motifs is 4. The topological polar surface area (TPSA) is 111 Å². The lowest BCUT2D eigenvalue weighted by molar-refractivity contribution is -0.275. The summed E-state index contributed by atoms with van der Waals surface area (Å²) in [6.07, 6.45) is -6.31. The number of ether oxygens (including phenoxy) is 2. The Hall–Kier alpha value is -5.65. The van der Waals surface area contributed by atoms with E-state index in [9.17, 15) is 32.3 Å². The van der Waals surface area contributed by atoms with Gasteiger partial charge in [-0.15, -0.1) is 13.2 Å². The van der Waals surface area contributed by atoms with Crippen molar-refractivity contribution in [2.45, 2.75) is 18.3 Å². The summed E-state index contributed by atoms with van der Waals surface area (Å²) < 4.78 is 49.2. The molecule has 3 amide bonds. The summed E-state index contributed by atoms with van der Waals surface area (Å²) in [5, 5.41) is 2.41. The minimum Gasteiger partial charge on any atom is -0.449 e. The van der Waals surface area contributed by atoms with Gasteiger partial charge in [0.1, 0.15) is 12.4 Å². The Bertz CT molecular complexity index is 1730. The van der Waals surface area contributed by atoms with Crippen LogP contribution in [0.4, 0.5) is 18.0 Å². The molecule has 1 heterocycles. The number of alkyl halides is 3. The molecule has 0 aromatic heterocycles. The van der Waals surface area contributed by atoms with E-state index in [-0.39, 0.29) is 28.7 Å². The lowest BCUT2D eigenvalue weighted by Gasteiger charge is -2.23. The minimum atomic E-state index is -5.14. The number of nitrogens with one attached hydrogen (secondary N) is 1. The highest BCUT2D eigenvalue weighted by Gasteiger charge is 2.42. The van der Waals surface area contributed by atoms with E-state index in [1.807, 2.05) is 48.5 Å². The van der Waals surface area contributed by atoms with Crippen molar-refractivity contribution < 1.29 is 46.7 Å². The minimum absolute atomic E-state index is 0.0350. The first kappa shape index (κ1) is 28.5. The molecule has 0 fully saturated rings. The van der Waals surface area contributed by atoms with Crippen LogP contribution in [0.1, 0.15) is 49.4 Å². The molecular formula is C32H21F3N2O7. The molecule has 9 nitrogen and oxygen atoms in total. The van der Waals surface area contributed by atoms with E-state index < -0.39 is 47.6 Å². The fraction of sp³-hybridized carbons (Fsp3) is 0.125. The van der Waals surface area contributed by atoms with Crippen molar-refractivity contribution in [3.8, 4) is 16.9 Å². The van der Waals surface area contributed by atoms with Crippen molar-refractivity contribution in [2.75, 3.05) is 6.61 Å². The molecule has 0 bridgehead atoms. The van der Waals surface area contributed by atoms with Crippen molar-refractivity contribution >= 4 is 23.9 Å². The number of hydrogen-bond acceptors (Lipinski definition) is 7. The second kappa shape index (κ2) is 11.2. The first-order valence-electron chi connectivity index (χ1n) is 13.3. The summed E-state index contributed by atoms with van der Waals surface area (Å²) in [5.74, 6) is -4.52. The Balaban J connectivity index is 1.25. The van der Waals surface area contributed by atoms with Gasteiger partial charge in [-0.1, -0.05) is 83.9 Å². The number of halogens is 3. The quantitative estimate of drug-likeness (QED) is 0.262. The number of imide groups is 1. The molecule has 44 heavy (non-hydrogen) atoms. The molecule has 0 saturated carbocycles. The standard InChI is InChI=1S/C32H21F3N2O7/c33-32(34,35)43-26-16-8-7-15-24(26)27(30(40)44-37-28(38)22-13-5-6-14-23(22)29(37)39)36-31(41)42-17-25-20-11-3-1-9-18(20)19-10-2-4-12-21(19)25/h1-16,25,27H,17H2,(H,36,41). The summed E-state index contributed by atoms with van der Waals surface area (Å²) in [6, 6.07) is 23.4. The molecule has 222 valence electrons.